The van der Waals surface area contributed by atoms with E-state index < -0.39 is 0 Å². The van der Waals surface area contributed by atoms with Gasteiger partial charge in [0.25, 0.3) is 0 Å². The molecule has 3 heterocycles. The molecular weight excluding hydrogens is 316 g/mol. The Kier molecular flexibility index (Phi) is 5.76. The SMILES string of the molecule is CC(C)c1nccn1[C@@H]1CCCN(C(=O)CN2CCCCCC2=O)C1. The summed E-state index contributed by atoms with van der Waals surface area (Å²) < 4.78 is 2.24. The molecule has 1 atom stereocenters. The minimum atomic E-state index is 0.0890. The first-order valence-electron chi connectivity index (χ1n) is 9.64. The van der Waals surface area contributed by atoms with Gasteiger partial charge in [-0.1, -0.05) is 20.3 Å². The van der Waals surface area contributed by atoms with E-state index in [9.17, 15) is 9.59 Å². The molecule has 2 fully saturated rings. The summed E-state index contributed by atoms with van der Waals surface area (Å²) >= 11 is 0. The highest BCUT2D eigenvalue weighted by Gasteiger charge is 2.28. The van der Waals surface area contributed by atoms with Gasteiger partial charge in [-0.15, -0.1) is 0 Å². The Balaban J connectivity index is 1.63. The third kappa shape index (κ3) is 4.22. The number of imidazole rings is 1. The molecule has 0 spiro atoms. The van der Waals surface area contributed by atoms with E-state index in [0.29, 0.717) is 12.3 Å². The van der Waals surface area contributed by atoms with E-state index in [1.165, 1.54) is 0 Å². The van der Waals surface area contributed by atoms with Crippen molar-refractivity contribution in [1.82, 2.24) is 19.4 Å². The molecule has 0 aliphatic carbocycles. The maximum absolute atomic E-state index is 12.8. The minimum Gasteiger partial charge on any atom is -0.339 e. The second-order valence-electron chi connectivity index (χ2n) is 7.61. The second kappa shape index (κ2) is 8.02. The lowest BCUT2D eigenvalue weighted by atomic mass is 10.0. The number of rotatable bonds is 4. The number of piperidine rings is 1. The van der Waals surface area contributed by atoms with Crippen molar-refractivity contribution >= 4 is 11.8 Å². The fourth-order valence-electron chi connectivity index (χ4n) is 3.96. The molecule has 0 radical (unpaired) electrons. The topological polar surface area (TPSA) is 58.4 Å². The highest BCUT2D eigenvalue weighted by Crippen LogP contribution is 2.25. The molecule has 138 valence electrons. The van der Waals surface area contributed by atoms with Crippen molar-refractivity contribution in [1.29, 1.82) is 0 Å². The molecule has 25 heavy (non-hydrogen) atoms. The Labute approximate surface area is 150 Å². The first-order chi connectivity index (χ1) is 12.1. The standard InChI is InChI=1S/C19H30N4O2/c1-15(2)19-20-9-12-23(19)16-7-6-11-21(13-16)18(25)14-22-10-5-3-4-8-17(22)24/h9,12,15-16H,3-8,10-11,13-14H2,1-2H3/t16-/m1/s1. The van der Waals surface area contributed by atoms with E-state index in [1.54, 1.807) is 4.90 Å². The Hall–Kier alpha value is -1.85. The minimum absolute atomic E-state index is 0.0890. The van der Waals surface area contributed by atoms with E-state index in [2.05, 4.69) is 23.4 Å². The molecule has 1 aromatic heterocycles. The quantitative estimate of drug-likeness (QED) is 0.842. The normalized spacial score (nSPS) is 22.4. The number of hydrogen-bond donors (Lipinski definition) is 0. The third-order valence-corrected chi connectivity index (χ3v) is 5.36. The predicted octanol–water partition coefficient (Wildman–Crippen LogP) is 2.57. The van der Waals surface area contributed by atoms with Gasteiger partial charge in [0.2, 0.25) is 11.8 Å². The van der Waals surface area contributed by atoms with E-state index in [-0.39, 0.29) is 24.4 Å². The number of carbonyl (C=O) groups is 2. The van der Waals surface area contributed by atoms with Crippen molar-refractivity contribution in [2.24, 2.45) is 0 Å². The average Bonchev–Trinajstić information content (AvgIpc) is 3.02. The zero-order valence-electron chi connectivity index (χ0n) is 15.5. The van der Waals surface area contributed by atoms with Crippen molar-refractivity contribution in [2.45, 2.75) is 64.3 Å². The summed E-state index contributed by atoms with van der Waals surface area (Å²) in [6.45, 7) is 6.78. The molecule has 0 N–H and O–H groups in total. The molecule has 0 saturated carbocycles. The number of nitrogens with zero attached hydrogens (tertiary/aromatic N) is 4. The Morgan fingerprint density at radius 2 is 2.08 bits per heavy atom. The van der Waals surface area contributed by atoms with Gasteiger partial charge in [0.05, 0.1) is 12.6 Å². The van der Waals surface area contributed by atoms with E-state index in [4.69, 9.17) is 0 Å². The summed E-state index contributed by atoms with van der Waals surface area (Å²) in [6.07, 6.45) is 9.59. The van der Waals surface area contributed by atoms with Gasteiger partial charge in [-0.25, -0.2) is 4.98 Å². The third-order valence-electron chi connectivity index (χ3n) is 5.36. The van der Waals surface area contributed by atoms with Crippen LogP contribution in [0.4, 0.5) is 0 Å². The Bertz CT molecular complexity index is 610. The molecule has 2 aliphatic rings. The molecule has 0 unspecified atom stereocenters. The number of aromatic nitrogens is 2. The molecule has 3 rings (SSSR count). The van der Waals surface area contributed by atoms with E-state index in [0.717, 1.165) is 57.6 Å². The summed E-state index contributed by atoms with van der Waals surface area (Å²) in [7, 11) is 0. The van der Waals surface area contributed by atoms with E-state index in [1.807, 2.05) is 17.3 Å². The van der Waals surface area contributed by atoms with Gasteiger partial charge < -0.3 is 14.4 Å². The molecule has 0 aromatic carbocycles. The molecule has 2 amide bonds. The molecule has 6 nitrogen and oxygen atoms in total. The predicted molar refractivity (Wildman–Crippen MR) is 96.2 cm³/mol. The van der Waals surface area contributed by atoms with Crippen LogP contribution in [0.3, 0.4) is 0 Å². The van der Waals surface area contributed by atoms with Gasteiger partial charge in [0.1, 0.15) is 5.82 Å². The smallest absolute Gasteiger partial charge is 0.242 e. The zero-order valence-corrected chi connectivity index (χ0v) is 15.5. The molecular formula is C19H30N4O2. The van der Waals surface area contributed by atoms with Crippen LogP contribution in [-0.4, -0.2) is 57.3 Å². The van der Waals surface area contributed by atoms with Gasteiger partial charge in [0, 0.05) is 44.4 Å². The molecule has 2 aliphatic heterocycles. The summed E-state index contributed by atoms with van der Waals surface area (Å²) in [4.78, 5) is 33.1. The number of hydrogen-bond acceptors (Lipinski definition) is 3. The van der Waals surface area contributed by atoms with Crippen LogP contribution in [0.1, 0.15) is 70.2 Å². The maximum Gasteiger partial charge on any atom is 0.242 e. The first kappa shape index (κ1) is 18.0. The van der Waals surface area contributed by atoms with Crippen LogP contribution >= 0.6 is 0 Å². The molecule has 6 heteroatoms. The summed E-state index contributed by atoms with van der Waals surface area (Å²) in [5, 5.41) is 0. The van der Waals surface area contributed by atoms with Gasteiger partial charge in [-0.2, -0.15) is 0 Å². The van der Waals surface area contributed by atoms with Crippen LogP contribution < -0.4 is 0 Å². The highest BCUT2D eigenvalue weighted by atomic mass is 16.2. The summed E-state index contributed by atoms with van der Waals surface area (Å²) in [6, 6.07) is 0.289. The largest absolute Gasteiger partial charge is 0.339 e. The molecule has 1 aromatic rings. The zero-order chi connectivity index (χ0) is 17.8. The van der Waals surface area contributed by atoms with Crippen LogP contribution in [0.25, 0.3) is 0 Å². The van der Waals surface area contributed by atoms with Gasteiger partial charge in [0.15, 0.2) is 0 Å². The first-order valence-corrected chi connectivity index (χ1v) is 9.64. The van der Waals surface area contributed by atoms with Crippen LogP contribution in [0.5, 0.6) is 0 Å². The van der Waals surface area contributed by atoms with Crippen molar-refractivity contribution in [3.8, 4) is 0 Å². The van der Waals surface area contributed by atoms with Crippen LogP contribution in [0.2, 0.25) is 0 Å². The van der Waals surface area contributed by atoms with Gasteiger partial charge in [-0.05, 0) is 25.7 Å². The second-order valence-corrected chi connectivity index (χ2v) is 7.61. The molecule has 2 saturated heterocycles. The van der Waals surface area contributed by atoms with Crippen molar-refractivity contribution < 1.29 is 9.59 Å². The van der Waals surface area contributed by atoms with Gasteiger partial charge >= 0.3 is 0 Å². The lowest BCUT2D eigenvalue weighted by Crippen LogP contribution is -2.47. The number of carbonyl (C=O) groups excluding carboxylic acids is 2. The van der Waals surface area contributed by atoms with Crippen molar-refractivity contribution in [2.75, 3.05) is 26.2 Å². The fourth-order valence-corrected chi connectivity index (χ4v) is 3.96. The van der Waals surface area contributed by atoms with Gasteiger partial charge in [-0.3, -0.25) is 9.59 Å². The van der Waals surface area contributed by atoms with Crippen LogP contribution in [0, 0.1) is 0 Å². The van der Waals surface area contributed by atoms with Crippen LogP contribution in [-0.2, 0) is 9.59 Å². The van der Waals surface area contributed by atoms with Crippen molar-refractivity contribution in [3.63, 3.8) is 0 Å². The fraction of sp³-hybridized carbons (Fsp3) is 0.737. The average molecular weight is 346 g/mol. The lowest BCUT2D eigenvalue weighted by Gasteiger charge is -2.35. The summed E-state index contributed by atoms with van der Waals surface area (Å²) in [5.74, 6) is 1.68. The summed E-state index contributed by atoms with van der Waals surface area (Å²) in [5.41, 5.74) is 0. The monoisotopic (exact) mass is 346 g/mol. The Morgan fingerprint density at radius 3 is 2.88 bits per heavy atom. The maximum atomic E-state index is 12.8. The number of likely N-dealkylation sites (tertiary alicyclic amines) is 2. The lowest BCUT2D eigenvalue weighted by molar-refractivity contribution is -0.141. The highest BCUT2D eigenvalue weighted by molar-refractivity contribution is 5.85. The van der Waals surface area contributed by atoms with E-state index >= 15 is 0 Å². The molecule has 0 bridgehead atoms. The van der Waals surface area contributed by atoms with Crippen molar-refractivity contribution in [3.05, 3.63) is 18.2 Å². The number of amides is 2. The Morgan fingerprint density at radius 1 is 1.24 bits per heavy atom. The van der Waals surface area contributed by atoms with Crippen LogP contribution in [0.15, 0.2) is 12.4 Å².